The minimum atomic E-state index is -4.85. The van der Waals surface area contributed by atoms with Gasteiger partial charge in [0.05, 0.1) is 17.2 Å². The first kappa shape index (κ1) is 29.0. The first-order chi connectivity index (χ1) is 20.1. The van der Waals surface area contributed by atoms with Gasteiger partial charge in [-0.3, -0.25) is 0 Å². The van der Waals surface area contributed by atoms with Gasteiger partial charge in [-0.05, 0) is 130 Å². The number of hydrogen-bond acceptors (Lipinski definition) is 3. The number of anilines is 1. The molecule has 0 bridgehead atoms. The van der Waals surface area contributed by atoms with E-state index in [1.165, 1.54) is 31.0 Å². The van der Waals surface area contributed by atoms with Crippen LogP contribution in [0.15, 0.2) is 42.5 Å². The van der Waals surface area contributed by atoms with Crippen molar-refractivity contribution in [3.8, 4) is 6.07 Å². The molecule has 1 N–H and O–H groups in total. The number of rotatable bonds is 8. The van der Waals surface area contributed by atoms with Crippen LogP contribution in [0.2, 0.25) is 0 Å². The lowest BCUT2D eigenvalue weighted by molar-refractivity contribution is -0.139. The number of amides is 2. The van der Waals surface area contributed by atoms with Crippen LogP contribution in [0.1, 0.15) is 74.5 Å². The molecule has 1 aliphatic heterocycles. The zero-order valence-corrected chi connectivity index (χ0v) is 23.8. The molecule has 3 atom stereocenters. The van der Waals surface area contributed by atoms with Crippen molar-refractivity contribution in [2.24, 2.45) is 17.8 Å². The lowest BCUT2D eigenvalue weighted by Crippen LogP contribution is -2.46. The van der Waals surface area contributed by atoms with Crippen LogP contribution < -0.4 is 5.32 Å². The molecule has 1 heterocycles. The zero-order valence-electron chi connectivity index (χ0n) is 23.8. The zero-order chi connectivity index (χ0) is 29.5. The minimum Gasteiger partial charge on any atom is -0.322 e. The van der Waals surface area contributed by atoms with Crippen LogP contribution in [0.4, 0.5) is 28.0 Å². The Morgan fingerprint density at radius 1 is 1.07 bits per heavy atom. The Balaban J connectivity index is 1.14. The number of urea groups is 1. The fraction of sp³-hybridized carbons (Fsp3) is 0.576. The highest BCUT2D eigenvalue weighted by Gasteiger charge is 2.58. The molecule has 42 heavy (non-hydrogen) atoms. The summed E-state index contributed by atoms with van der Waals surface area (Å²) < 4.78 is 53.9. The minimum absolute atomic E-state index is 0.0257. The van der Waals surface area contributed by atoms with Crippen molar-refractivity contribution >= 4 is 11.7 Å². The standard InChI is InChI=1S/C33H38F4N4O/c34-30-7-6-27(18-29(30)33(35,36)37)39-31(42)41(15-11-22-9-13-40(14-10-22)21-23-4-5-23)28-8-12-32(19-26(32)17-28)25-3-1-2-24(16-25)20-38/h1-3,6-7,16,18,22-23,26,28H,4-5,8-15,17,19,21H2,(H,39,42)/t26-,28+,32+/m0/s1. The van der Waals surface area contributed by atoms with E-state index in [0.29, 0.717) is 30.0 Å². The predicted molar refractivity (Wildman–Crippen MR) is 152 cm³/mol. The lowest BCUT2D eigenvalue weighted by Gasteiger charge is -2.38. The van der Waals surface area contributed by atoms with Crippen molar-refractivity contribution in [1.29, 1.82) is 5.26 Å². The van der Waals surface area contributed by atoms with E-state index in [1.807, 2.05) is 23.1 Å². The van der Waals surface area contributed by atoms with Crippen molar-refractivity contribution in [2.45, 2.75) is 75.4 Å². The average Bonchev–Trinajstić information content (AvgIpc) is 3.90. The number of carbonyl (C=O) groups excluding carboxylic acids is 1. The van der Waals surface area contributed by atoms with Crippen molar-refractivity contribution in [1.82, 2.24) is 9.80 Å². The highest BCUT2D eigenvalue weighted by molar-refractivity contribution is 5.89. The topological polar surface area (TPSA) is 59.4 Å². The summed E-state index contributed by atoms with van der Waals surface area (Å²) in [5.41, 5.74) is 0.432. The molecule has 4 fully saturated rings. The molecule has 9 heteroatoms. The van der Waals surface area contributed by atoms with Gasteiger partial charge in [-0.15, -0.1) is 0 Å². The number of hydrogen-bond donors (Lipinski definition) is 1. The Morgan fingerprint density at radius 3 is 2.55 bits per heavy atom. The SMILES string of the molecule is N#Cc1cccc([C@]23CC[C@@H](N(CCC4CCN(CC5CC5)CC4)C(=O)Nc4ccc(F)c(C(F)(F)F)c4)C[C@H]2C3)c1. The van der Waals surface area contributed by atoms with Gasteiger partial charge in [0.1, 0.15) is 5.82 Å². The molecule has 2 amide bonds. The van der Waals surface area contributed by atoms with Crippen molar-refractivity contribution in [3.63, 3.8) is 0 Å². The van der Waals surface area contributed by atoms with E-state index < -0.39 is 23.6 Å². The summed E-state index contributed by atoms with van der Waals surface area (Å²) in [4.78, 5) is 18.1. The Kier molecular flexibility index (Phi) is 7.95. The molecule has 0 radical (unpaired) electrons. The average molecular weight is 583 g/mol. The molecular weight excluding hydrogens is 544 g/mol. The van der Waals surface area contributed by atoms with E-state index in [0.717, 1.165) is 70.0 Å². The second-order valence-electron chi connectivity index (χ2n) is 13.0. The third kappa shape index (κ3) is 6.29. The summed E-state index contributed by atoms with van der Waals surface area (Å²) in [7, 11) is 0. The van der Waals surface area contributed by atoms with E-state index in [1.54, 1.807) is 0 Å². The fourth-order valence-electron chi connectivity index (χ4n) is 7.46. The van der Waals surface area contributed by atoms with Gasteiger partial charge < -0.3 is 15.1 Å². The maximum atomic E-state index is 13.9. The summed E-state index contributed by atoms with van der Waals surface area (Å²) in [6.45, 7) is 3.90. The molecule has 2 aromatic rings. The number of nitrogens with one attached hydrogen (secondary N) is 1. The number of benzene rings is 2. The second-order valence-corrected chi connectivity index (χ2v) is 13.0. The third-order valence-electron chi connectivity index (χ3n) is 10.2. The van der Waals surface area contributed by atoms with Gasteiger partial charge in [0, 0.05) is 24.8 Å². The van der Waals surface area contributed by atoms with Crippen LogP contribution >= 0.6 is 0 Å². The van der Waals surface area contributed by atoms with Gasteiger partial charge >= 0.3 is 12.2 Å². The predicted octanol–water partition coefficient (Wildman–Crippen LogP) is 7.57. The maximum Gasteiger partial charge on any atom is 0.419 e. The van der Waals surface area contributed by atoms with E-state index in [-0.39, 0.29) is 17.1 Å². The normalized spacial score (nSPS) is 26.3. The number of likely N-dealkylation sites (tertiary alicyclic amines) is 1. The first-order valence-electron chi connectivity index (χ1n) is 15.3. The van der Waals surface area contributed by atoms with Crippen molar-refractivity contribution in [2.75, 3.05) is 31.5 Å². The van der Waals surface area contributed by atoms with Crippen LogP contribution in [-0.4, -0.2) is 48.1 Å². The van der Waals surface area contributed by atoms with Crippen molar-refractivity contribution < 1.29 is 22.4 Å². The molecule has 3 saturated carbocycles. The molecule has 0 aromatic heterocycles. The smallest absolute Gasteiger partial charge is 0.322 e. The largest absolute Gasteiger partial charge is 0.419 e. The maximum absolute atomic E-state index is 13.9. The highest BCUT2D eigenvalue weighted by atomic mass is 19.4. The Morgan fingerprint density at radius 2 is 1.86 bits per heavy atom. The molecule has 2 aromatic carbocycles. The Labute approximate surface area is 244 Å². The van der Waals surface area contributed by atoms with Gasteiger partial charge in [-0.2, -0.15) is 18.4 Å². The van der Waals surface area contributed by atoms with Crippen molar-refractivity contribution in [3.05, 3.63) is 65.0 Å². The van der Waals surface area contributed by atoms with E-state index >= 15 is 0 Å². The number of nitrogens with zero attached hydrogens (tertiary/aromatic N) is 3. The van der Waals surface area contributed by atoms with E-state index in [2.05, 4.69) is 22.4 Å². The molecule has 0 unspecified atom stereocenters. The van der Waals surface area contributed by atoms with Gasteiger partial charge in [0.15, 0.2) is 0 Å². The number of halogens is 4. The molecule has 0 spiro atoms. The second kappa shape index (κ2) is 11.5. The number of alkyl halides is 3. The summed E-state index contributed by atoms with van der Waals surface area (Å²) in [6, 6.07) is 12.2. The first-order valence-corrected chi connectivity index (χ1v) is 15.3. The van der Waals surface area contributed by atoms with Gasteiger partial charge in [-0.1, -0.05) is 12.1 Å². The fourth-order valence-corrected chi connectivity index (χ4v) is 7.46. The summed E-state index contributed by atoms with van der Waals surface area (Å²) in [6.07, 6.45) is 4.42. The van der Waals surface area contributed by atoms with Gasteiger partial charge in [0.2, 0.25) is 0 Å². The quantitative estimate of drug-likeness (QED) is 0.327. The van der Waals surface area contributed by atoms with Crippen LogP contribution in [-0.2, 0) is 11.6 Å². The molecular formula is C33H38F4N4O. The van der Waals surface area contributed by atoms with Gasteiger partial charge in [-0.25, -0.2) is 9.18 Å². The molecule has 4 aliphatic rings. The number of carbonyl (C=O) groups is 1. The van der Waals surface area contributed by atoms with Crippen LogP contribution in [0.5, 0.6) is 0 Å². The third-order valence-corrected chi connectivity index (χ3v) is 10.2. The van der Waals surface area contributed by atoms with Gasteiger partial charge in [0.25, 0.3) is 0 Å². The Hall–Kier alpha value is -3.12. The molecule has 224 valence electrons. The molecule has 1 saturated heterocycles. The number of piperidine rings is 1. The number of fused-ring (bicyclic) bond motifs is 1. The van der Waals surface area contributed by atoms with E-state index in [9.17, 15) is 27.6 Å². The molecule has 6 rings (SSSR count). The highest BCUT2D eigenvalue weighted by Crippen LogP contribution is 2.63. The van der Waals surface area contributed by atoms with Crippen LogP contribution in [0.25, 0.3) is 0 Å². The van der Waals surface area contributed by atoms with Crippen LogP contribution in [0, 0.1) is 34.9 Å². The summed E-state index contributed by atoms with van der Waals surface area (Å²) in [5.74, 6) is 0.418. The monoisotopic (exact) mass is 582 g/mol. The van der Waals surface area contributed by atoms with E-state index in [4.69, 9.17) is 0 Å². The summed E-state index contributed by atoms with van der Waals surface area (Å²) in [5, 5.41) is 12.0. The van der Waals surface area contributed by atoms with Crippen LogP contribution in [0.3, 0.4) is 0 Å². The lowest BCUT2D eigenvalue weighted by atomic mass is 9.79. The number of nitriles is 1. The summed E-state index contributed by atoms with van der Waals surface area (Å²) >= 11 is 0. The molecule has 3 aliphatic carbocycles. The molecule has 5 nitrogen and oxygen atoms in total. The Bertz CT molecular complexity index is 1340.